The van der Waals surface area contributed by atoms with E-state index in [1.807, 2.05) is 0 Å². The molecule has 0 N–H and O–H groups in total. The van der Waals surface area contributed by atoms with Gasteiger partial charge in [0.1, 0.15) is 0 Å². The Balaban J connectivity index is 0.000000177. The summed E-state index contributed by atoms with van der Waals surface area (Å²) >= 11 is 0. The van der Waals surface area contributed by atoms with Crippen LogP contribution in [0.2, 0.25) is 0 Å². The first kappa shape index (κ1) is 37.5. The Morgan fingerprint density at radius 2 is 1.18 bits per heavy atom. The third-order valence-electron chi connectivity index (χ3n) is 11.7. The van der Waals surface area contributed by atoms with E-state index in [0.717, 1.165) is 19.0 Å². The summed E-state index contributed by atoms with van der Waals surface area (Å²) in [4.78, 5) is 5.14. The van der Waals surface area contributed by atoms with Crippen molar-refractivity contribution in [1.82, 2.24) is 29.4 Å². The highest BCUT2D eigenvalue weighted by atomic mass is 15.3. The number of fused-ring (bicyclic) bond motifs is 2. The van der Waals surface area contributed by atoms with Gasteiger partial charge < -0.3 is 9.80 Å². The van der Waals surface area contributed by atoms with Crippen molar-refractivity contribution in [3.63, 3.8) is 0 Å². The smallest absolute Gasteiger partial charge is 0.0546 e. The molecule has 1 saturated heterocycles. The van der Waals surface area contributed by atoms with Crippen LogP contribution in [0.3, 0.4) is 0 Å². The lowest BCUT2D eigenvalue weighted by Gasteiger charge is -2.34. The van der Waals surface area contributed by atoms with Gasteiger partial charge in [-0.25, -0.2) is 0 Å². The first-order valence-corrected chi connectivity index (χ1v) is 20.1. The number of nitrogens with zero attached hydrogens (tertiary/aromatic N) is 6. The second-order valence-electron chi connectivity index (χ2n) is 17.8. The summed E-state index contributed by atoms with van der Waals surface area (Å²) < 4.78 is 4.53. The predicted octanol–water partition coefficient (Wildman–Crippen LogP) is 9.91. The lowest BCUT2D eigenvalue weighted by molar-refractivity contribution is 0.203. The van der Waals surface area contributed by atoms with Gasteiger partial charge in [0.15, 0.2) is 0 Å². The quantitative estimate of drug-likeness (QED) is 0.175. The van der Waals surface area contributed by atoms with E-state index in [2.05, 4.69) is 141 Å². The van der Waals surface area contributed by atoms with Crippen molar-refractivity contribution >= 4 is 0 Å². The molecule has 6 nitrogen and oxygen atoms in total. The Kier molecular flexibility index (Phi) is 12.2. The average Bonchev–Trinajstić information content (AvgIpc) is 3.78. The first-order chi connectivity index (χ1) is 24.5. The molecule has 1 fully saturated rings. The number of aromatic nitrogens is 4. The fraction of sp³-hybridized carbons (Fsp3) is 0.600. The van der Waals surface area contributed by atoms with Crippen molar-refractivity contribution in [3.05, 3.63) is 107 Å². The van der Waals surface area contributed by atoms with Gasteiger partial charge in [-0.3, -0.25) is 9.36 Å². The van der Waals surface area contributed by atoms with E-state index >= 15 is 0 Å². The molecule has 2 aliphatic carbocycles. The molecule has 2 atom stereocenters. The molecule has 0 spiro atoms. The van der Waals surface area contributed by atoms with Gasteiger partial charge in [0.2, 0.25) is 0 Å². The SMILES string of the molecule is CC(C)(C)n1ncc2c1CCCC2CCN1CCC(c2ccccc2)CC1.CN(CCC1CCCc2c1cnn2C(C)(C)C)Cc1ccccc1. The molecule has 0 bridgehead atoms. The van der Waals surface area contributed by atoms with Crippen LogP contribution < -0.4 is 0 Å². The van der Waals surface area contributed by atoms with Crippen molar-refractivity contribution in [2.24, 2.45) is 0 Å². The van der Waals surface area contributed by atoms with Crippen molar-refractivity contribution in [1.29, 1.82) is 0 Å². The number of likely N-dealkylation sites (tertiary alicyclic amines) is 1. The molecule has 2 unspecified atom stereocenters. The summed E-state index contributed by atoms with van der Waals surface area (Å²) in [6.45, 7) is 19.4. The van der Waals surface area contributed by atoms with Crippen LogP contribution in [0, 0.1) is 0 Å². The molecule has 2 aromatic heterocycles. The summed E-state index contributed by atoms with van der Waals surface area (Å²) in [5.74, 6) is 2.13. The lowest BCUT2D eigenvalue weighted by atomic mass is 9.84. The zero-order chi connectivity index (χ0) is 36.0. The average molecular weight is 691 g/mol. The van der Waals surface area contributed by atoms with E-state index in [1.165, 1.54) is 117 Å². The number of hydrogen-bond donors (Lipinski definition) is 0. The molecule has 2 aromatic carbocycles. The zero-order valence-electron chi connectivity index (χ0n) is 33.0. The molecule has 0 saturated carbocycles. The number of rotatable bonds is 9. The molecule has 7 rings (SSSR count). The number of piperidine rings is 1. The van der Waals surface area contributed by atoms with Crippen LogP contribution in [-0.4, -0.2) is 62.6 Å². The van der Waals surface area contributed by atoms with Crippen LogP contribution in [0.25, 0.3) is 0 Å². The second-order valence-corrected chi connectivity index (χ2v) is 17.8. The summed E-state index contributed by atoms with van der Waals surface area (Å²) in [6, 6.07) is 21.8. The van der Waals surface area contributed by atoms with Crippen LogP contribution in [0.4, 0.5) is 0 Å². The molecular formula is C45H66N6. The van der Waals surface area contributed by atoms with Crippen LogP contribution >= 0.6 is 0 Å². The Hall–Kier alpha value is -3.22. The normalized spacial score (nSPS) is 20.1. The van der Waals surface area contributed by atoms with E-state index in [-0.39, 0.29) is 11.1 Å². The highest BCUT2D eigenvalue weighted by Crippen LogP contribution is 2.38. The standard InChI is InChI=1S/C24H35N3.C21H31N3/c1-24(2,3)27-23-11-7-10-21(22(23)18-25-27)14-17-26-15-12-20(13-16-26)19-8-5-4-6-9-19;1-21(2,3)24-20-12-8-11-18(19(20)15-22-24)13-14-23(4)16-17-9-6-5-7-10-17/h4-6,8-9,18,20-21H,7,10-17H2,1-3H3;5-7,9-10,15,18H,8,11-14,16H2,1-4H3. The molecule has 4 aromatic rings. The van der Waals surface area contributed by atoms with Crippen molar-refractivity contribution in [2.45, 2.75) is 141 Å². The summed E-state index contributed by atoms with van der Waals surface area (Å²) in [5.41, 5.74) is 9.12. The van der Waals surface area contributed by atoms with E-state index in [9.17, 15) is 0 Å². The number of hydrogen-bond acceptors (Lipinski definition) is 4. The molecule has 276 valence electrons. The molecule has 3 heterocycles. The van der Waals surface area contributed by atoms with Crippen LogP contribution in [0.5, 0.6) is 0 Å². The summed E-state index contributed by atoms with van der Waals surface area (Å²) in [7, 11) is 2.23. The third-order valence-corrected chi connectivity index (χ3v) is 11.7. The Bertz CT molecular complexity index is 1630. The largest absolute Gasteiger partial charge is 0.303 e. The second kappa shape index (κ2) is 16.6. The highest BCUT2D eigenvalue weighted by Gasteiger charge is 2.30. The van der Waals surface area contributed by atoms with Gasteiger partial charge in [-0.2, -0.15) is 10.2 Å². The first-order valence-electron chi connectivity index (χ1n) is 20.1. The van der Waals surface area contributed by atoms with Crippen LogP contribution in [0.1, 0.15) is 144 Å². The fourth-order valence-electron chi connectivity index (χ4n) is 8.96. The maximum atomic E-state index is 4.76. The lowest BCUT2D eigenvalue weighted by Crippen LogP contribution is -2.34. The third kappa shape index (κ3) is 9.61. The molecule has 51 heavy (non-hydrogen) atoms. The topological polar surface area (TPSA) is 42.1 Å². The minimum Gasteiger partial charge on any atom is -0.303 e. The van der Waals surface area contributed by atoms with E-state index in [0.29, 0.717) is 11.8 Å². The predicted molar refractivity (Wildman–Crippen MR) is 213 cm³/mol. The summed E-state index contributed by atoms with van der Waals surface area (Å²) in [5, 5.41) is 9.48. The van der Waals surface area contributed by atoms with Crippen molar-refractivity contribution in [3.8, 4) is 0 Å². The van der Waals surface area contributed by atoms with E-state index in [4.69, 9.17) is 10.2 Å². The van der Waals surface area contributed by atoms with Gasteiger partial charge in [-0.05, 0) is 179 Å². The van der Waals surface area contributed by atoms with Crippen LogP contribution in [0.15, 0.2) is 73.1 Å². The minimum absolute atomic E-state index is 0.0829. The molecule has 6 heteroatoms. The Labute approximate surface area is 309 Å². The molecular weight excluding hydrogens is 625 g/mol. The van der Waals surface area contributed by atoms with Gasteiger partial charge in [0.05, 0.1) is 23.5 Å². The van der Waals surface area contributed by atoms with Gasteiger partial charge in [-0.15, -0.1) is 0 Å². The maximum Gasteiger partial charge on any atom is 0.0546 e. The molecule has 1 aliphatic heterocycles. The molecule has 3 aliphatic rings. The maximum absolute atomic E-state index is 4.76. The molecule has 0 amide bonds. The minimum atomic E-state index is 0.0829. The van der Waals surface area contributed by atoms with Gasteiger partial charge >= 0.3 is 0 Å². The van der Waals surface area contributed by atoms with Crippen molar-refractivity contribution < 1.29 is 0 Å². The van der Waals surface area contributed by atoms with E-state index in [1.54, 1.807) is 0 Å². The van der Waals surface area contributed by atoms with Crippen molar-refractivity contribution in [2.75, 3.05) is 33.2 Å². The Morgan fingerprint density at radius 1 is 0.667 bits per heavy atom. The number of benzene rings is 2. The highest BCUT2D eigenvalue weighted by molar-refractivity contribution is 5.28. The zero-order valence-corrected chi connectivity index (χ0v) is 33.0. The van der Waals surface area contributed by atoms with Gasteiger partial charge in [-0.1, -0.05) is 60.7 Å². The fourth-order valence-corrected chi connectivity index (χ4v) is 8.96. The van der Waals surface area contributed by atoms with E-state index < -0.39 is 0 Å². The van der Waals surface area contributed by atoms with Crippen LogP contribution in [-0.2, 0) is 30.5 Å². The Morgan fingerprint density at radius 3 is 1.71 bits per heavy atom. The van der Waals surface area contributed by atoms with Gasteiger partial charge in [0, 0.05) is 17.9 Å². The molecule has 0 radical (unpaired) electrons. The summed E-state index contributed by atoms with van der Waals surface area (Å²) in [6.07, 6.45) is 17.1. The van der Waals surface area contributed by atoms with Gasteiger partial charge in [0.25, 0.3) is 0 Å². The monoisotopic (exact) mass is 691 g/mol.